The van der Waals surface area contributed by atoms with Crippen molar-refractivity contribution < 1.29 is 54.2 Å². The molecule has 2 saturated heterocycles. The quantitative estimate of drug-likeness (QED) is 0.583. The molecule has 5 rings (SSSR count). The molecule has 15 heteroatoms. The number of halogens is 9. The molecule has 0 radical (unpaired) electrons. The molecular weight excluding hydrogens is 513 g/mol. The van der Waals surface area contributed by atoms with Crippen molar-refractivity contribution in [2.75, 3.05) is 5.32 Å². The lowest BCUT2D eigenvalue weighted by atomic mass is 9.73. The van der Waals surface area contributed by atoms with Crippen LogP contribution in [0.1, 0.15) is 35.2 Å². The highest BCUT2D eigenvalue weighted by Gasteiger charge is 2.88. The normalized spacial score (nSPS) is 31.5. The van der Waals surface area contributed by atoms with Gasteiger partial charge in [0, 0.05) is 36.3 Å². The van der Waals surface area contributed by atoms with E-state index in [1.165, 1.54) is 7.05 Å². The van der Waals surface area contributed by atoms with Gasteiger partial charge in [0.2, 0.25) is 5.91 Å². The van der Waals surface area contributed by atoms with Crippen molar-refractivity contribution in [1.29, 1.82) is 0 Å². The Hall–Kier alpha value is -2.81. The predicted octanol–water partition coefficient (Wildman–Crippen LogP) is 4.28. The molecule has 5 atom stereocenters. The molecule has 1 aromatic carbocycles. The van der Waals surface area contributed by atoms with Gasteiger partial charge in [-0.3, -0.25) is 9.48 Å². The number of amides is 1. The molecule has 196 valence electrons. The minimum Gasteiger partial charge on any atom is -0.390 e. The van der Waals surface area contributed by atoms with Gasteiger partial charge in [-0.25, -0.2) is 0 Å². The van der Waals surface area contributed by atoms with Crippen LogP contribution in [0.3, 0.4) is 0 Å². The average Bonchev–Trinajstić information content (AvgIpc) is 2.95. The minimum atomic E-state index is -5.17. The van der Waals surface area contributed by atoms with Crippen LogP contribution < -0.4 is 5.32 Å². The zero-order chi connectivity index (χ0) is 26.6. The number of nitrogens with zero attached hydrogens (tertiary/aromatic N) is 2. The van der Waals surface area contributed by atoms with Gasteiger partial charge in [0.05, 0.1) is 34.9 Å². The summed E-state index contributed by atoms with van der Waals surface area (Å²) in [4.78, 5) is 13.4. The monoisotopic (exact) mass is 529 g/mol. The molecule has 2 bridgehead atoms. The number of ether oxygens (including phenoxy) is 1. The highest BCUT2D eigenvalue weighted by Crippen LogP contribution is 2.78. The highest BCUT2D eigenvalue weighted by molar-refractivity contribution is 6.01. The molecule has 6 nitrogen and oxygen atoms in total. The first kappa shape index (κ1) is 24.9. The number of anilines is 1. The summed E-state index contributed by atoms with van der Waals surface area (Å²) in [6.07, 6.45) is -18.2. The Bertz CT molecular complexity index is 1220. The predicted molar refractivity (Wildman–Crippen MR) is 101 cm³/mol. The maximum absolute atomic E-state index is 13.7. The summed E-state index contributed by atoms with van der Waals surface area (Å²) in [5.74, 6) is -1.11. The van der Waals surface area contributed by atoms with Crippen LogP contribution >= 0.6 is 0 Å². The second-order valence-electron chi connectivity index (χ2n) is 9.28. The van der Waals surface area contributed by atoms with Crippen molar-refractivity contribution in [2.45, 2.75) is 55.1 Å². The van der Waals surface area contributed by atoms with Gasteiger partial charge in [0.1, 0.15) is 0 Å². The van der Waals surface area contributed by atoms with Crippen LogP contribution in [0.15, 0.2) is 24.4 Å². The third-order valence-corrected chi connectivity index (χ3v) is 7.21. The fourth-order valence-corrected chi connectivity index (χ4v) is 5.79. The van der Waals surface area contributed by atoms with E-state index >= 15 is 0 Å². The summed E-state index contributed by atoms with van der Waals surface area (Å²) < 4.78 is 127. The number of alkyl halides is 9. The number of hydrogen-bond acceptors (Lipinski definition) is 4. The summed E-state index contributed by atoms with van der Waals surface area (Å²) >= 11 is 0. The average molecular weight is 529 g/mol. The van der Waals surface area contributed by atoms with E-state index in [1.54, 1.807) is 0 Å². The molecule has 0 spiro atoms. The number of aliphatic hydroxyl groups is 1. The van der Waals surface area contributed by atoms with Crippen LogP contribution in [0.2, 0.25) is 0 Å². The molecule has 3 fully saturated rings. The summed E-state index contributed by atoms with van der Waals surface area (Å²) in [7, 11) is 1.21. The van der Waals surface area contributed by atoms with Crippen molar-refractivity contribution >= 4 is 11.6 Å². The first-order chi connectivity index (χ1) is 16.4. The fourth-order valence-electron chi connectivity index (χ4n) is 5.79. The Morgan fingerprint density at radius 1 is 1.06 bits per heavy atom. The lowest BCUT2D eigenvalue weighted by Crippen LogP contribution is -2.45. The molecule has 2 N–H and O–H groups in total. The molecule has 1 aromatic heterocycles. The first-order valence-corrected chi connectivity index (χ1v) is 10.5. The lowest BCUT2D eigenvalue weighted by Gasteiger charge is -2.29. The number of fused-ring (bicyclic) bond motifs is 5. The number of nitrogens with one attached hydrogen (secondary N) is 1. The van der Waals surface area contributed by atoms with Crippen molar-refractivity contribution in [3.63, 3.8) is 0 Å². The van der Waals surface area contributed by atoms with Gasteiger partial charge in [-0.2, -0.15) is 44.6 Å². The number of aryl methyl sites for hydroxylation is 1. The second-order valence-corrected chi connectivity index (χ2v) is 9.28. The molecular formula is C21H16F9N3O3. The van der Waals surface area contributed by atoms with Gasteiger partial charge < -0.3 is 15.2 Å². The van der Waals surface area contributed by atoms with Crippen molar-refractivity contribution in [1.82, 2.24) is 9.78 Å². The van der Waals surface area contributed by atoms with Gasteiger partial charge >= 0.3 is 18.5 Å². The minimum absolute atomic E-state index is 0.113. The standard InChI is InChI=1S/C21H16F9N3O3/c1-33-6-11(14(32-33)21(28,29)30)17-7-18(17,13-5-12(34)15(17)36-13)16(35)31-10-3-8(19(22,23)24)2-9(4-10)20(25,26)27/h2-4,6,12-13,15,34H,5,7H2,1H3,(H,31,35)/t12-,13+,15-,17+,18+/m0/s1. The van der Waals surface area contributed by atoms with E-state index < -0.39 is 81.6 Å². The summed E-state index contributed by atoms with van der Waals surface area (Å²) in [6, 6.07) is 0.502. The Morgan fingerprint density at radius 2 is 1.64 bits per heavy atom. The number of aliphatic hydroxyl groups excluding tert-OH is 1. The molecule has 1 saturated carbocycles. The molecule has 0 unspecified atom stereocenters. The Kier molecular flexibility index (Phi) is 4.94. The number of benzene rings is 1. The van der Waals surface area contributed by atoms with Crippen molar-refractivity contribution in [3.05, 3.63) is 46.8 Å². The summed E-state index contributed by atoms with van der Waals surface area (Å²) in [5, 5.41) is 15.8. The SMILES string of the molecule is Cn1cc([C@@]23C[C@]2(C(=O)Nc2cc(C(F)(F)F)cc(C(F)(F)F)c2)[C@H]2C[C@H](O)[C@@H]3O2)c(C(F)(F)F)n1. The topological polar surface area (TPSA) is 76.4 Å². The molecule has 2 aromatic rings. The smallest absolute Gasteiger partial charge is 0.390 e. The second kappa shape index (κ2) is 7.15. The van der Waals surface area contributed by atoms with Crippen LogP contribution in [-0.2, 0) is 40.5 Å². The number of hydrogen-bond donors (Lipinski definition) is 2. The zero-order valence-corrected chi connectivity index (χ0v) is 18.0. The first-order valence-electron chi connectivity index (χ1n) is 10.5. The molecule has 2 aliphatic heterocycles. The largest absolute Gasteiger partial charge is 0.435 e. The van der Waals surface area contributed by atoms with E-state index in [0.717, 1.165) is 10.9 Å². The van der Waals surface area contributed by atoms with Gasteiger partial charge in [-0.15, -0.1) is 0 Å². The van der Waals surface area contributed by atoms with E-state index in [1.807, 2.05) is 5.32 Å². The van der Waals surface area contributed by atoms with Gasteiger partial charge in [-0.1, -0.05) is 0 Å². The number of aromatic nitrogens is 2. The van der Waals surface area contributed by atoms with Crippen LogP contribution in [-0.4, -0.2) is 39.1 Å². The third kappa shape index (κ3) is 3.34. The highest BCUT2D eigenvalue weighted by atomic mass is 19.4. The molecule has 1 aliphatic carbocycles. The van der Waals surface area contributed by atoms with Gasteiger partial charge in [0.15, 0.2) is 5.69 Å². The maximum Gasteiger partial charge on any atom is 0.435 e. The Morgan fingerprint density at radius 3 is 2.17 bits per heavy atom. The molecule has 1 amide bonds. The lowest BCUT2D eigenvalue weighted by molar-refractivity contribution is -0.144. The zero-order valence-electron chi connectivity index (χ0n) is 18.0. The van der Waals surface area contributed by atoms with Gasteiger partial charge in [-0.05, 0) is 24.6 Å². The van der Waals surface area contributed by atoms with Crippen LogP contribution in [0.25, 0.3) is 0 Å². The molecule has 3 heterocycles. The van der Waals surface area contributed by atoms with Crippen molar-refractivity contribution in [3.8, 4) is 0 Å². The van der Waals surface area contributed by atoms with Crippen LogP contribution in [0.5, 0.6) is 0 Å². The summed E-state index contributed by atoms with van der Waals surface area (Å²) in [6.45, 7) is 0. The number of rotatable bonds is 3. The Balaban J connectivity index is 1.57. The van der Waals surface area contributed by atoms with E-state index in [4.69, 9.17) is 4.74 Å². The van der Waals surface area contributed by atoms with Crippen LogP contribution in [0, 0.1) is 5.41 Å². The van der Waals surface area contributed by atoms with Gasteiger partial charge in [0.25, 0.3) is 0 Å². The summed E-state index contributed by atoms with van der Waals surface area (Å²) in [5.41, 5.74) is -9.39. The van der Waals surface area contributed by atoms with E-state index in [9.17, 15) is 49.4 Å². The van der Waals surface area contributed by atoms with Crippen LogP contribution in [0.4, 0.5) is 45.2 Å². The Labute approximate surface area is 196 Å². The van der Waals surface area contributed by atoms with Crippen molar-refractivity contribution in [2.24, 2.45) is 12.5 Å². The number of carbonyl (C=O) groups is 1. The van der Waals surface area contributed by atoms with E-state index in [0.29, 0.717) is 12.1 Å². The molecule has 36 heavy (non-hydrogen) atoms. The molecule has 3 aliphatic rings. The fraction of sp³-hybridized carbons (Fsp3) is 0.524. The number of carbonyl (C=O) groups excluding carboxylic acids is 1. The van der Waals surface area contributed by atoms with E-state index in [2.05, 4.69) is 5.10 Å². The third-order valence-electron chi connectivity index (χ3n) is 7.21. The maximum atomic E-state index is 13.7. The van der Waals surface area contributed by atoms with E-state index in [-0.39, 0.29) is 18.9 Å².